The number of nitrogens with zero attached hydrogens (tertiary/aromatic N) is 1. The molecule has 2 aromatic rings. The van der Waals surface area contributed by atoms with E-state index in [2.05, 4.69) is 15.0 Å². The van der Waals surface area contributed by atoms with Crippen LogP contribution in [0.25, 0.3) is 6.08 Å². The fraction of sp³-hybridized carbons (Fsp3) is 0.318. The lowest BCUT2D eigenvalue weighted by molar-refractivity contribution is -0.111. The monoisotopic (exact) mass is 418 g/mol. The summed E-state index contributed by atoms with van der Waals surface area (Å²) in [4.78, 5) is 14.6. The number of carbonyl (C=O) groups excluding carboxylic acids is 1. The van der Waals surface area contributed by atoms with Gasteiger partial charge in [-0.25, -0.2) is 0 Å². The van der Waals surface area contributed by atoms with Gasteiger partial charge in [-0.05, 0) is 42.8 Å². The van der Waals surface area contributed by atoms with Gasteiger partial charge in [0.2, 0.25) is 5.91 Å². The van der Waals surface area contributed by atoms with E-state index in [1.54, 1.807) is 12.1 Å². The molecule has 0 radical (unpaired) electrons. The van der Waals surface area contributed by atoms with Gasteiger partial charge in [-0.15, -0.1) is 0 Å². The van der Waals surface area contributed by atoms with Crippen LogP contribution in [0.5, 0.6) is 11.5 Å². The van der Waals surface area contributed by atoms with Gasteiger partial charge >= 0.3 is 6.61 Å². The number of nitrogens with one attached hydrogen (secondary N) is 1. The number of rotatable bonds is 7. The van der Waals surface area contributed by atoms with Gasteiger partial charge in [0.1, 0.15) is 0 Å². The summed E-state index contributed by atoms with van der Waals surface area (Å²) in [5, 5.41) is 2.81. The minimum atomic E-state index is -3.00. The number of amides is 1. The molecule has 0 saturated carbocycles. The second kappa shape index (κ2) is 10.1. The minimum absolute atomic E-state index is 0.120. The van der Waals surface area contributed by atoms with Crippen molar-refractivity contribution < 1.29 is 27.8 Å². The molecule has 8 heteroatoms. The van der Waals surface area contributed by atoms with Gasteiger partial charge in [0, 0.05) is 36.1 Å². The van der Waals surface area contributed by atoms with Crippen molar-refractivity contribution in [1.82, 2.24) is 0 Å². The number of halogens is 2. The Kier molecular flexibility index (Phi) is 7.24. The molecule has 0 spiro atoms. The van der Waals surface area contributed by atoms with Gasteiger partial charge in [-0.1, -0.05) is 12.1 Å². The number of ether oxygens (including phenoxy) is 3. The molecule has 0 unspecified atom stereocenters. The van der Waals surface area contributed by atoms with E-state index in [0.29, 0.717) is 24.5 Å². The highest BCUT2D eigenvalue weighted by atomic mass is 19.3. The molecular weight excluding hydrogens is 394 g/mol. The lowest BCUT2D eigenvalue weighted by Gasteiger charge is -2.29. The highest BCUT2D eigenvalue weighted by Crippen LogP contribution is 2.33. The average Bonchev–Trinajstić information content (AvgIpc) is 2.74. The summed E-state index contributed by atoms with van der Waals surface area (Å²) >= 11 is 0. The van der Waals surface area contributed by atoms with Crippen molar-refractivity contribution >= 4 is 23.4 Å². The summed E-state index contributed by atoms with van der Waals surface area (Å²) in [7, 11) is 1.36. The van der Waals surface area contributed by atoms with E-state index in [9.17, 15) is 13.6 Å². The maximum atomic E-state index is 12.7. The van der Waals surface area contributed by atoms with Gasteiger partial charge in [-0.2, -0.15) is 8.78 Å². The Balaban J connectivity index is 1.70. The molecule has 1 fully saturated rings. The lowest BCUT2D eigenvalue weighted by atomic mass is 10.1. The molecule has 0 aliphatic carbocycles. The fourth-order valence-corrected chi connectivity index (χ4v) is 3.19. The van der Waals surface area contributed by atoms with Crippen LogP contribution >= 0.6 is 0 Å². The summed E-state index contributed by atoms with van der Waals surface area (Å²) < 4.78 is 40.4. The Labute approximate surface area is 174 Å². The van der Waals surface area contributed by atoms with E-state index < -0.39 is 6.61 Å². The highest BCUT2D eigenvalue weighted by molar-refractivity contribution is 6.02. The molecule has 1 heterocycles. The second-order valence-corrected chi connectivity index (χ2v) is 6.68. The van der Waals surface area contributed by atoms with E-state index in [0.717, 1.165) is 24.3 Å². The minimum Gasteiger partial charge on any atom is -0.493 e. The zero-order chi connectivity index (χ0) is 21.5. The van der Waals surface area contributed by atoms with Crippen LogP contribution in [0.4, 0.5) is 20.2 Å². The normalized spacial score (nSPS) is 14.2. The van der Waals surface area contributed by atoms with Crippen LogP contribution in [-0.2, 0) is 9.53 Å². The van der Waals surface area contributed by atoms with Gasteiger partial charge in [0.25, 0.3) is 0 Å². The van der Waals surface area contributed by atoms with Crippen molar-refractivity contribution in [2.75, 3.05) is 43.6 Å². The van der Waals surface area contributed by atoms with Crippen LogP contribution in [0.1, 0.15) is 11.1 Å². The van der Waals surface area contributed by atoms with Gasteiger partial charge < -0.3 is 24.4 Å². The Bertz CT molecular complexity index is 912. The molecule has 1 aliphatic heterocycles. The average molecular weight is 418 g/mol. The SMILES string of the molecule is COc1cccc(/C=C/C(=O)Nc2ccc(N3CCOCC3)cc2C)c1OC(F)F. The van der Waals surface area contributed by atoms with Gasteiger partial charge in [0.15, 0.2) is 11.5 Å². The molecule has 1 N–H and O–H groups in total. The number of para-hydroxylation sites is 1. The standard InChI is InChI=1S/C22H24F2N2O4/c1-15-14-17(26-10-12-29-13-11-26)7-8-18(15)25-20(27)9-6-16-4-3-5-19(28-2)21(16)30-22(23)24/h3-9,14,22H,10-13H2,1-2H3,(H,25,27)/b9-6+. The third kappa shape index (κ3) is 5.48. The molecule has 6 nitrogen and oxygen atoms in total. The van der Waals surface area contributed by atoms with Crippen molar-refractivity contribution in [3.8, 4) is 11.5 Å². The summed E-state index contributed by atoms with van der Waals surface area (Å²) in [6, 6.07) is 10.5. The van der Waals surface area contributed by atoms with E-state index in [1.165, 1.54) is 25.3 Å². The molecule has 1 aliphatic rings. The summed E-state index contributed by atoms with van der Waals surface area (Å²) in [5.74, 6) is -0.347. The molecule has 30 heavy (non-hydrogen) atoms. The molecule has 2 aromatic carbocycles. The fourth-order valence-electron chi connectivity index (χ4n) is 3.19. The zero-order valence-corrected chi connectivity index (χ0v) is 16.9. The highest BCUT2D eigenvalue weighted by Gasteiger charge is 2.15. The van der Waals surface area contributed by atoms with Gasteiger partial charge in [0.05, 0.1) is 20.3 Å². The van der Waals surface area contributed by atoms with E-state index in [4.69, 9.17) is 9.47 Å². The Morgan fingerprint density at radius 3 is 2.67 bits per heavy atom. The maximum Gasteiger partial charge on any atom is 0.387 e. The summed E-state index contributed by atoms with van der Waals surface area (Å²) in [6.45, 7) is 1.97. The Morgan fingerprint density at radius 1 is 1.23 bits per heavy atom. The molecule has 1 saturated heterocycles. The number of anilines is 2. The lowest BCUT2D eigenvalue weighted by Crippen LogP contribution is -2.36. The predicted octanol–water partition coefficient (Wildman–Crippen LogP) is 4.09. The number of methoxy groups -OCH3 is 1. The first kappa shape index (κ1) is 21.6. The van der Waals surface area contributed by atoms with E-state index in [1.807, 2.05) is 25.1 Å². The predicted molar refractivity (Wildman–Crippen MR) is 112 cm³/mol. The first-order valence-electron chi connectivity index (χ1n) is 9.52. The van der Waals surface area contributed by atoms with Crippen LogP contribution < -0.4 is 19.7 Å². The summed E-state index contributed by atoms with van der Waals surface area (Å²) in [5.41, 5.74) is 2.99. The number of carbonyl (C=O) groups is 1. The van der Waals surface area contributed by atoms with Crippen molar-refractivity contribution in [3.63, 3.8) is 0 Å². The largest absolute Gasteiger partial charge is 0.493 e. The third-order valence-corrected chi connectivity index (χ3v) is 4.69. The Hall–Kier alpha value is -3.13. The van der Waals surface area contributed by atoms with Crippen LogP contribution in [-0.4, -0.2) is 45.9 Å². The van der Waals surface area contributed by atoms with Crippen LogP contribution in [0.3, 0.4) is 0 Å². The molecular formula is C22H24F2N2O4. The van der Waals surface area contributed by atoms with E-state index in [-0.39, 0.29) is 17.4 Å². The molecule has 160 valence electrons. The number of hydrogen-bond acceptors (Lipinski definition) is 5. The van der Waals surface area contributed by atoms with Crippen LogP contribution in [0.15, 0.2) is 42.5 Å². The Morgan fingerprint density at radius 2 is 2.00 bits per heavy atom. The molecule has 0 bridgehead atoms. The van der Waals surface area contributed by atoms with E-state index >= 15 is 0 Å². The first-order valence-corrected chi connectivity index (χ1v) is 9.52. The smallest absolute Gasteiger partial charge is 0.387 e. The third-order valence-electron chi connectivity index (χ3n) is 4.69. The quantitative estimate of drug-likeness (QED) is 0.687. The second-order valence-electron chi connectivity index (χ2n) is 6.68. The van der Waals surface area contributed by atoms with Crippen molar-refractivity contribution in [2.24, 2.45) is 0 Å². The molecule has 1 amide bonds. The summed E-state index contributed by atoms with van der Waals surface area (Å²) in [6.07, 6.45) is 2.68. The molecule has 0 aromatic heterocycles. The van der Waals surface area contributed by atoms with Crippen LogP contribution in [0.2, 0.25) is 0 Å². The van der Waals surface area contributed by atoms with Gasteiger partial charge in [-0.3, -0.25) is 4.79 Å². The molecule has 0 atom stereocenters. The number of morpholine rings is 1. The van der Waals surface area contributed by atoms with Crippen molar-refractivity contribution in [2.45, 2.75) is 13.5 Å². The first-order chi connectivity index (χ1) is 14.5. The molecule has 3 rings (SSSR count). The zero-order valence-electron chi connectivity index (χ0n) is 16.9. The van der Waals surface area contributed by atoms with Crippen molar-refractivity contribution in [1.29, 1.82) is 0 Å². The topological polar surface area (TPSA) is 60.0 Å². The maximum absolute atomic E-state index is 12.7. The van der Waals surface area contributed by atoms with Crippen LogP contribution in [0, 0.1) is 6.92 Å². The van der Waals surface area contributed by atoms with Crippen molar-refractivity contribution in [3.05, 3.63) is 53.6 Å². The number of alkyl halides is 2. The number of hydrogen-bond donors (Lipinski definition) is 1. The number of aryl methyl sites for hydroxylation is 1. The number of benzene rings is 2.